The lowest BCUT2D eigenvalue weighted by Crippen LogP contribution is -2.12. The van der Waals surface area contributed by atoms with Crippen molar-refractivity contribution >= 4 is 44.9 Å². The van der Waals surface area contributed by atoms with Gasteiger partial charge in [-0.1, -0.05) is 11.6 Å². The fourth-order valence-electron chi connectivity index (χ4n) is 3.39. The largest absolute Gasteiger partial charge is 0.496 e. The van der Waals surface area contributed by atoms with Crippen LogP contribution in [0.4, 0.5) is 0 Å². The van der Waals surface area contributed by atoms with E-state index in [-0.39, 0.29) is 5.56 Å². The summed E-state index contributed by atoms with van der Waals surface area (Å²) in [7, 11) is 1.66. The van der Waals surface area contributed by atoms with Gasteiger partial charge < -0.3 is 9.72 Å². The molecule has 1 N–H and O–H groups in total. The number of thioether (sulfide) groups is 1. The van der Waals surface area contributed by atoms with Crippen LogP contribution in [0.15, 0.2) is 23.0 Å². The zero-order valence-corrected chi connectivity index (χ0v) is 16.8. The minimum absolute atomic E-state index is 0.00494. The first kappa shape index (κ1) is 17.9. The quantitative estimate of drug-likeness (QED) is 0.650. The number of methoxy groups -OCH3 is 1. The standard InChI is InChI=1S/C19H19ClN2O2S2/c1-24-14-7-6-12(20)8-11(14)9-25-10-16-21-18(23)17-13-4-2-3-5-15(13)26-19(17)22-16/h6-8H,2-5,9-10H2,1H3,(H,21,22,23). The monoisotopic (exact) mass is 406 g/mol. The number of ether oxygens (including phenoxy) is 1. The molecule has 0 saturated carbocycles. The zero-order chi connectivity index (χ0) is 18.1. The van der Waals surface area contributed by atoms with Crippen LogP contribution in [0.1, 0.15) is 34.7 Å². The summed E-state index contributed by atoms with van der Waals surface area (Å²) in [6, 6.07) is 5.61. The molecule has 0 unspecified atom stereocenters. The molecule has 1 aliphatic rings. The molecule has 7 heteroatoms. The maximum Gasteiger partial charge on any atom is 0.259 e. The number of hydrogen-bond acceptors (Lipinski definition) is 5. The van der Waals surface area contributed by atoms with Crippen molar-refractivity contribution in [3.63, 3.8) is 0 Å². The number of nitrogens with one attached hydrogen (secondary N) is 1. The minimum Gasteiger partial charge on any atom is -0.496 e. The van der Waals surface area contributed by atoms with Gasteiger partial charge in [-0.2, -0.15) is 0 Å². The van der Waals surface area contributed by atoms with Crippen LogP contribution in [0, 0.1) is 0 Å². The molecule has 0 bridgehead atoms. The summed E-state index contributed by atoms with van der Waals surface area (Å²) in [5.41, 5.74) is 2.28. The van der Waals surface area contributed by atoms with Gasteiger partial charge in [-0.25, -0.2) is 4.98 Å². The van der Waals surface area contributed by atoms with Crippen molar-refractivity contribution in [1.82, 2.24) is 9.97 Å². The maximum atomic E-state index is 12.6. The molecule has 26 heavy (non-hydrogen) atoms. The molecule has 0 radical (unpaired) electrons. The molecule has 4 nitrogen and oxygen atoms in total. The van der Waals surface area contributed by atoms with E-state index in [1.54, 1.807) is 30.2 Å². The van der Waals surface area contributed by atoms with Gasteiger partial charge in [0.15, 0.2) is 0 Å². The Morgan fingerprint density at radius 2 is 2.15 bits per heavy atom. The van der Waals surface area contributed by atoms with E-state index in [4.69, 9.17) is 21.3 Å². The van der Waals surface area contributed by atoms with E-state index >= 15 is 0 Å². The third-order valence-corrected chi connectivity index (χ3v) is 7.03. The Morgan fingerprint density at radius 1 is 1.31 bits per heavy atom. The molecule has 1 aromatic carbocycles. The van der Waals surface area contributed by atoms with Gasteiger partial charge in [0, 0.05) is 21.2 Å². The predicted octanol–water partition coefficient (Wildman–Crippen LogP) is 4.96. The Hall–Kier alpha value is -1.50. The van der Waals surface area contributed by atoms with Crippen LogP contribution < -0.4 is 10.3 Å². The molecule has 0 saturated heterocycles. The summed E-state index contributed by atoms with van der Waals surface area (Å²) in [5, 5.41) is 1.51. The van der Waals surface area contributed by atoms with Gasteiger partial charge in [-0.05, 0) is 49.4 Å². The fraction of sp³-hybridized carbons (Fsp3) is 0.368. The summed E-state index contributed by atoms with van der Waals surface area (Å²) >= 11 is 9.45. The molecule has 4 rings (SSSR count). The number of aryl methyl sites for hydroxylation is 2. The number of nitrogens with zero attached hydrogens (tertiary/aromatic N) is 1. The number of rotatable bonds is 5. The third kappa shape index (κ3) is 3.50. The van der Waals surface area contributed by atoms with Gasteiger partial charge in [0.1, 0.15) is 16.4 Å². The molecule has 1 aliphatic carbocycles. The molecule has 136 valence electrons. The van der Waals surface area contributed by atoms with Crippen LogP contribution in [0.25, 0.3) is 10.2 Å². The van der Waals surface area contributed by atoms with Gasteiger partial charge in [-0.15, -0.1) is 23.1 Å². The molecule has 0 fully saturated rings. The second-order valence-corrected chi connectivity index (χ2v) is 8.86. The van der Waals surface area contributed by atoms with Crippen LogP contribution >= 0.6 is 34.7 Å². The number of thiophene rings is 1. The molecule has 0 atom stereocenters. The Bertz CT molecular complexity index is 1010. The lowest BCUT2D eigenvalue weighted by Gasteiger charge is -2.09. The molecule has 0 spiro atoms. The smallest absolute Gasteiger partial charge is 0.259 e. The van der Waals surface area contributed by atoms with E-state index in [0.717, 1.165) is 52.4 Å². The molecule has 2 heterocycles. The number of H-pyrrole nitrogens is 1. The van der Waals surface area contributed by atoms with Crippen molar-refractivity contribution in [2.45, 2.75) is 37.2 Å². The highest BCUT2D eigenvalue weighted by molar-refractivity contribution is 7.97. The summed E-state index contributed by atoms with van der Waals surface area (Å²) in [6.45, 7) is 0. The number of hydrogen-bond donors (Lipinski definition) is 1. The Kier molecular flexibility index (Phi) is 5.25. The number of fused-ring (bicyclic) bond motifs is 3. The van der Waals surface area contributed by atoms with Crippen LogP contribution in [-0.4, -0.2) is 17.1 Å². The predicted molar refractivity (Wildman–Crippen MR) is 110 cm³/mol. The van der Waals surface area contributed by atoms with Crippen molar-refractivity contribution in [3.8, 4) is 5.75 Å². The van der Waals surface area contributed by atoms with Gasteiger partial charge >= 0.3 is 0 Å². The second-order valence-electron chi connectivity index (χ2n) is 6.35. The van der Waals surface area contributed by atoms with Crippen LogP contribution in [0.5, 0.6) is 5.75 Å². The first-order valence-corrected chi connectivity index (χ1v) is 10.9. The van der Waals surface area contributed by atoms with Crippen LogP contribution in [0.2, 0.25) is 5.02 Å². The normalized spacial score (nSPS) is 13.8. The fourth-order valence-corrected chi connectivity index (χ4v) is 5.75. The maximum absolute atomic E-state index is 12.6. The summed E-state index contributed by atoms with van der Waals surface area (Å²) in [5.74, 6) is 2.94. The SMILES string of the molecule is COc1ccc(Cl)cc1CSCc1nc2sc3c(c2c(=O)[nH]1)CCCC3. The molecular weight excluding hydrogens is 388 g/mol. The molecule has 2 aromatic heterocycles. The van der Waals surface area contributed by atoms with Crippen LogP contribution in [0.3, 0.4) is 0 Å². The van der Waals surface area contributed by atoms with E-state index in [1.807, 2.05) is 18.2 Å². The van der Waals surface area contributed by atoms with Crippen molar-refractivity contribution in [2.75, 3.05) is 7.11 Å². The Labute approximate surface area is 165 Å². The van der Waals surface area contributed by atoms with Gasteiger partial charge in [0.05, 0.1) is 18.2 Å². The number of aromatic amines is 1. The number of benzene rings is 1. The highest BCUT2D eigenvalue weighted by Crippen LogP contribution is 2.34. The molecule has 3 aromatic rings. The highest BCUT2D eigenvalue weighted by Gasteiger charge is 2.19. The topological polar surface area (TPSA) is 55.0 Å². The zero-order valence-electron chi connectivity index (χ0n) is 14.4. The number of aromatic nitrogens is 2. The van der Waals surface area contributed by atoms with Crippen molar-refractivity contribution in [2.24, 2.45) is 0 Å². The first-order valence-electron chi connectivity index (χ1n) is 8.59. The first-order chi connectivity index (χ1) is 12.7. The van der Waals surface area contributed by atoms with E-state index < -0.39 is 0 Å². The minimum atomic E-state index is 0.00494. The third-order valence-electron chi connectivity index (χ3n) is 4.61. The second kappa shape index (κ2) is 7.62. The summed E-state index contributed by atoms with van der Waals surface area (Å²) in [4.78, 5) is 22.5. The van der Waals surface area contributed by atoms with Crippen molar-refractivity contribution in [1.29, 1.82) is 0 Å². The number of halogens is 1. The van der Waals surface area contributed by atoms with Gasteiger partial charge in [0.25, 0.3) is 5.56 Å². The lowest BCUT2D eigenvalue weighted by molar-refractivity contribution is 0.411. The molecular formula is C19H19ClN2O2S2. The van der Waals surface area contributed by atoms with E-state index in [1.165, 1.54) is 16.9 Å². The van der Waals surface area contributed by atoms with E-state index in [2.05, 4.69) is 4.98 Å². The highest BCUT2D eigenvalue weighted by atomic mass is 35.5. The van der Waals surface area contributed by atoms with Crippen molar-refractivity contribution < 1.29 is 4.74 Å². The average molecular weight is 407 g/mol. The molecule has 0 amide bonds. The van der Waals surface area contributed by atoms with Crippen molar-refractivity contribution in [3.05, 3.63) is 55.4 Å². The van der Waals surface area contributed by atoms with Gasteiger partial charge in [-0.3, -0.25) is 4.79 Å². The van der Waals surface area contributed by atoms with E-state index in [9.17, 15) is 4.79 Å². The lowest BCUT2D eigenvalue weighted by atomic mass is 9.97. The van der Waals surface area contributed by atoms with E-state index in [0.29, 0.717) is 10.8 Å². The van der Waals surface area contributed by atoms with Gasteiger partial charge in [0.2, 0.25) is 0 Å². The Balaban J connectivity index is 1.53. The van der Waals surface area contributed by atoms with Crippen LogP contribution in [-0.2, 0) is 24.3 Å². The average Bonchev–Trinajstić information content (AvgIpc) is 3.00. The molecule has 0 aliphatic heterocycles. The summed E-state index contributed by atoms with van der Waals surface area (Å²) in [6.07, 6.45) is 4.45. The Morgan fingerprint density at radius 3 is 3.00 bits per heavy atom. The summed E-state index contributed by atoms with van der Waals surface area (Å²) < 4.78 is 5.38.